The van der Waals surface area contributed by atoms with E-state index in [-0.39, 0.29) is 29.7 Å². The molecule has 1 aromatic rings. The molecular formula is C24H36N2O5. The summed E-state index contributed by atoms with van der Waals surface area (Å²) >= 11 is 0. The van der Waals surface area contributed by atoms with Crippen LogP contribution in [0.4, 0.5) is 4.79 Å². The fourth-order valence-electron chi connectivity index (χ4n) is 3.76. The van der Waals surface area contributed by atoms with Gasteiger partial charge in [-0.15, -0.1) is 0 Å². The summed E-state index contributed by atoms with van der Waals surface area (Å²) in [6, 6.07) is 10.3. The van der Waals surface area contributed by atoms with Crippen LogP contribution < -0.4 is 0 Å². The molecule has 2 saturated heterocycles. The zero-order valence-corrected chi connectivity index (χ0v) is 19.4. The van der Waals surface area contributed by atoms with Crippen LogP contribution in [0.15, 0.2) is 30.3 Å². The van der Waals surface area contributed by atoms with Gasteiger partial charge >= 0.3 is 12.1 Å². The standard InChI is InChI=1S/C13H17NO2.C11H19NO3/c1-16-13(15)12-7-8-14(10-12)9-11-5-3-2-4-6-11;1-8(13)9-5-6-12(7-9)10(14)15-11(2,3)4/h2-6,12H,7-10H2,1H3;9H,5-7H2,1-4H3. The second-order valence-corrected chi connectivity index (χ2v) is 9.25. The molecule has 31 heavy (non-hydrogen) atoms. The highest BCUT2D eigenvalue weighted by molar-refractivity contribution is 5.80. The molecule has 0 radical (unpaired) electrons. The van der Waals surface area contributed by atoms with Gasteiger partial charge in [-0.3, -0.25) is 14.5 Å². The van der Waals surface area contributed by atoms with E-state index in [1.807, 2.05) is 39.0 Å². The lowest BCUT2D eigenvalue weighted by Crippen LogP contribution is -2.35. The van der Waals surface area contributed by atoms with Crippen molar-refractivity contribution >= 4 is 17.8 Å². The van der Waals surface area contributed by atoms with Gasteiger partial charge in [-0.1, -0.05) is 30.3 Å². The molecule has 0 aromatic heterocycles. The Hall–Kier alpha value is -2.41. The third-order valence-electron chi connectivity index (χ3n) is 5.47. The van der Waals surface area contributed by atoms with Gasteiger partial charge in [0.15, 0.2) is 0 Å². The first-order chi connectivity index (χ1) is 14.6. The van der Waals surface area contributed by atoms with E-state index in [2.05, 4.69) is 17.0 Å². The zero-order chi connectivity index (χ0) is 23.0. The zero-order valence-electron chi connectivity index (χ0n) is 19.4. The highest BCUT2D eigenvalue weighted by Crippen LogP contribution is 2.20. The number of carbonyl (C=O) groups is 3. The maximum atomic E-state index is 11.6. The van der Waals surface area contributed by atoms with Crippen LogP contribution in [0, 0.1) is 11.8 Å². The monoisotopic (exact) mass is 432 g/mol. The van der Waals surface area contributed by atoms with Crippen molar-refractivity contribution in [2.24, 2.45) is 11.8 Å². The second-order valence-electron chi connectivity index (χ2n) is 9.25. The Morgan fingerprint density at radius 2 is 1.65 bits per heavy atom. The van der Waals surface area contributed by atoms with Crippen molar-refractivity contribution in [3.05, 3.63) is 35.9 Å². The fraction of sp³-hybridized carbons (Fsp3) is 0.625. The SMILES string of the molecule is CC(=O)C1CCN(C(=O)OC(C)(C)C)C1.COC(=O)C1CCN(Cc2ccccc2)C1. The molecule has 0 bridgehead atoms. The number of hydrogen-bond acceptors (Lipinski definition) is 6. The van der Waals surface area contributed by atoms with Gasteiger partial charge < -0.3 is 14.4 Å². The number of Topliss-reactive ketones (excluding diaryl/α,β-unsaturated/α-hetero) is 1. The highest BCUT2D eigenvalue weighted by Gasteiger charge is 2.31. The van der Waals surface area contributed by atoms with Crippen molar-refractivity contribution < 1.29 is 23.9 Å². The summed E-state index contributed by atoms with van der Waals surface area (Å²) in [5.41, 5.74) is 0.832. The lowest BCUT2D eigenvalue weighted by molar-refractivity contribution is -0.145. The average Bonchev–Trinajstić information content (AvgIpc) is 3.37. The highest BCUT2D eigenvalue weighted by atomic mass is 16.6. The number of amides is 1. The molecule has 2 heterocycles. The number of nitrogens with zero attached hydrogens (tertiary/aromatic N) is 2. The van der Waals surface area contributed by atoms with Gasteiger partial charge in [0.25, 0.3) is 0 Å². The average molecular weight is 433 g/mol. The second kappa shape index (κ2) is 11.3. The Bertz CT molecular complexity index is 744. The molecule has 0 saturated carbocycles. The van der Waals surface area contributed by atoms with Gasteiger partial charge in [0.2, 0.25) is 0 Å². The summed E-state index contributed by atoms with van der Waals surface area (Å²) in [5.74, 6) is 0.142. The number of benzene rings is 1. The van der Waals surface area contributed by atoms with Gasteiger partial charge in [-0.05, 0) is 52.6 Å². The molecular weight excluding hydrogens is 396 g/mol. The van der Waals surface area contributed by atoms with Crippen molar-refractivity contribution in [2.75, 3.05) is 33.3 Å². The summed E-state index contributed by atoms with van der Waals surface area (Å²) in [6.07, 6.45) is 1.36. The topological polar surface area (TPSA) is 76.1 Å². The maximum Gasteiger partial charge on any atom is 0.410 e. The minimum atomic E-state index is -0.467. The smallest absolute Gasteiger partial charge is 0.410 e. The Kier molecular flexibility index (Phi) is 9.04. The van der Waals surface area contributed by atoms with E-state index in [0.29, 0.717) is 13.1 Å². The van der Waals surface area contributed by atoms with Gasteiger partial charge in [-0.2, -0.15) is 0 Å². The van der Waals surface area contributed by atoms with Crippen LogP contribution in [0.3, 0.4) is 0 Å². The van der Waals surface area contributed by atoms with Crippen molar-refractivity contribution in [1.82, 2.24) is 9.80 Å². The van der Waals surface area contributed by atoms with Crippen LogP contribution in [0.1, 0.15) is 46.1 Å². The summed E-state index contributed by atoms with van der Waals surface area (Å²) in [7, 11) is 1.46. The summed E-state index contributed by atoms with van der Waals surface area (Å²) < 4.78 is 9.99. The van der Waals surface area contributed by atoms with Crippen LogP contribution in [0.25, 0.3) is 0 Å². The maximum absolute atomic E-state index is 11.6. The molecule has 7 heteroatoms. The lowest BCUT2D eigenvalue weighted by Gasteiger charge is -2.24. The lowest BCUT2D eigenvalue weighted by atomic mass is 10.1. The Morgan fingerprint density at radius 3 is 2.19 bits per heavy atom. The molecule has 0 aliphatic carbocycles. The Morgan fingerprint density at radius 1 is 1.00 bits per heavy atom. The summed E-state index contributed by atoms with van der Waals surface area (Å²) in [5, 5.41) is 0. The third kappa shape index (κ3) is 8.32. The number of methoxy groups -OCH3 is 1. The number of likely N-dealkylation sites (tertiary alicyclic amines) is 2. The minimum absolute atomic E-state index is 0.00230. The van der Waals surface area contributed by atoms with E-state index >= 15 is 0 Å². The third-order valence-corrected chi connectivity index (χ3v) is 5.47. The molecule has 3 rings (SSSR count). The van der Waals surface area contributed by atoms with Gasteiger partial charge in [0, 0.05) is 32.1 Å². The van der Waals surface area contributed by atoms with E-state index in [9.17, 15) is 14.4 Å². The van der Waals surface area contributed by atoms with Gasteiger partial charge in [0.1, 0.15) is 11.4 Å². The first-order valence-electron chi connectivity index (χ1n) is 10.9. The molecule has 2 aliphatic heterocycles. The number of ether oxygens (including phenoxy) is 2. The number of ketones is 1. The normalized spacial score (nSPS) is 21.3. The van der Waals surface area contributed by atoms with Crippen LogP contribution in [-0.4, -0.2) is 66.5 Å². The minimum Gasteiger partial charge on any atom is -0.469 e. The first kappa shape index (κ1) is 24.9. The first-order valence-corrected chi connectivity index (χ1v) is 10.9. The molecule has 7 nitrogen and oxygen atoms in total. The number of hydrogen-bond donors (Lipinski definition) is 0. The molecule has 2 unspecified atom stereocenters. The van der Waals surface area contributed by atoms with E-state index in [1.54, 1.807) is 11.8 Å². The molecule has 2 fully saturated rings. The van der Waals surface area contributed by atoms with Gasteiger partial charge in [-0.25, -0.2) is 4.79 Å². The number of carbonyl (C=O) groups excluding carboxylic acids is 3. The number of esters is 1. The molecule has 172 valence electrons. The molecule has 2 atom stereocenters. The Labute approximate surface area is 185 Å². The van der Waals surface area contributed by atoms with Crippen molar-refractivity contribution in [3.8, 4) is 0 Å². The van der Waals surface area contributed by atoms with E-state index in [4.69, 9.17) is 9.47 Å². The van der Waals surface area contributed by atoms with E-state index < -0.39 is 5.60 Å². The fourth-order valence-corrected chi connectivity index (χ4v) is 3.76. The van der Waals surface area contributed by atoms with Crippen LogP contribution in [0.2, 0.25) is 0 Å². The molecule has 0 N–H and O–H groups in total. The van der Waals surface area contributed by atoms with Crippen molar-refractivity contribution in [3.63, 3.8) is 0 Å². The van der Waals surface area contributed by atoms with E-state index in [1.165, 1.54) is 12.7 Å². The van der Waals surface area contributed by atoms with E-state index in [0.717, 1.165) is 32.5 Å². The van der Waals surface area contributed by atoms with Crippen LogP contribution in [-0.2, 0) is 25.6 Å². The molecule has 0 spiro atoms. The van der Waals surface area contributed by atoms with Crippen molar-refractivity contribution in [2.45, 2.75) is 52.7 Å². The molecule has 1 amide bonds. The number of rotatable bonds is 4. The van der Waals surface area contributed by atoms with Crippen molar-refractivity contribution in [1.29, 1.82) is 0 Å². The predicted molar refractivity (Wildman–Crippen MR) is 118 cm³/mol. The quantitative estimate of drug-likeness (QED) is 0.678. The molecule has 1 aromatic carbocycles. The van der Waals surface area contributed by atoms with Crippen LogP contribution in [0.5, 0.6) is 0 Å². The Balaban J connectivity index is 0.000000221. The summed E-state index contributed by atoms with van der Waals surface area (Å²) in [6.45, 7) is 10.9. The molecule has 2 aliphatic rings. The van der Waals surface area contributed by atoms with Gasteiger partial charge in [0.05, 0.1) is 13.0 Å². The predicted octanol–water partition coefficient (Wildman–Crippen LogP) is 3.51. The van der Waals surface area contributed by atoms with Crippen LogP contribution >= 0.6 is 0 Å². The largest absolute Gasteiger partial charge is 0.469 e. The summed E-state index contributed by atoms with van der Waals surface area (Å²) in [4.78, 5) is 38.0.